The van der Waals surface area contributed by atoms with Gasteiger partial charge >= 0.3 is 5.97 Å². The molecule has 0 saturated carbocycles. The maximum Gasteiger partial charge on any atom is 0.328 e. The zero-order chi connectivity index (χ0) is 11.4. The molecule has 0 amide bonds. The molecule has 1 aromatic carbocycles. The number of hydrogen-bond acceptors (Lipinski definition) is 2. The Labute approximate surface area is 89.2 Å². The van der Waals surface area contributed by atoms with Gasteiger partial charge in [-0.2, -0.15) is 0 Å². The average Bonchev–Trinajstić information content (AvgIpc) is 2.16. The van der Waals surface area contributed by atoms with Gasteiger partial charge < -0.3 is 10.8 Å². The molecule has 0 aromatic heterocycles. The van der Waals surface area contributed by atoms with E-state index in [2.05, 4.69) is 13.8 Å². The summed E-state index contributed by atoms with van der Waals surface area (Å²) in [6.45, 7) is 4.16. The van der Waals surface area contributed by atoms with Gasteiger partial charge in [0.1, 0.15) is 0 Å². The molecular formula is C12H15NO2. The van der Waals surface area contributed by atoms with E-state index in [0.717, 1.165) is 17.2 Å². The highest BCUT2D eigenvalue weighted by Crippen LogP contribution is 2.21. The van der Waals surface area contributed by atoms with Crippen molar-refractivity contribution in [1.29, 1.82) is 0 Å². The Morgan fingerprint density at radius 1 is 1.47 bits per heavy atom. The van der Waals surface area contributed by atoms with Crippen LogP contribution in [-0.2, 0) is 4.79 Å². The molecule has 3 nitrogen and oxygen atoms in total. The fourth-order valence-corrected chi connectivity index (χ4v) is 1.26. The van der Waals surface area contributed by atoms with Crippen LogP contribution in [0.2, 0.25) is 0 Å². The van der Waals surface area contributed by atoms with Crippen LogP contribution in [0.3, 0.4) is 0 Å². The molecule has 0 atom stereocenters. The van der Waals surface area contributed by atoms with Crippen molar-refractivity contribution in [2.24, 2.45) is 0 Å². The Morgan fingerprint density at radius 2 is 2.13 bits per heavy atom. The van der Waals surface area contributed by atoms with Crippen molar-refractivity contribution in [3.63, 3.8) is 0 Å². The van der Waals surface area contributed by atoms with Crippen molar-refractivity contribution < 1.29 is 9.90 Å². The lowest BCUT2D eigenvalue weighted by Gasteiger charge is -2.08. The number of carboxylic acids is 1. The highest BCUT2D eigenvalue weighted by molar-refractivity contribution is 5.86. The molecule has 1 aromatic rings. The predicted octanol–water partition coefficient (Wildman–Crippen LogP) is 2.49. The second-order valence-electron chi connectivity index (χ2n) is 3.71. The molecule has 0 radical (unpaired) electrons. The van der Waals surface area contributed by atoms with Crippen molar-refractivity contribution in [3.8, 4) is 0 Å². The van der Waals surface area contributed by atoms with Crippen LogP contribution in [0.4, 0.5) is 5.69 Å². The standard InChI is InChI=1S/C12H15NO2/c1-8(2)9-3-5-11(13)10(7-9)4-6-12(14)15/h3-8H,13H2,1-2H3,(H,14,15). The molecule has 0 aliphatic rings. The molecule has 0 heterocycles. The monoisotopic (exact) mass is 205 g/mol. The van der Waals surface area contributed by atoms with Gasteiger partial charge in [-0.15, -0.1) is 0 Å². The summed E-state index contributed by atoms with van der Waals surface area (Å²) in [6.07, 6.45) is 2.61. The zero-order valence-electron chi connectivity index (χ0n) is 8.90. The van der Waals surface area contributed by atoms with E-state index in [-0.39, 0.29) is 0 Å². The second kappa shape index (κ2) is 4.64. The van der Waals surface area contributed by atoms with Crippen molar-refractivity contribution in [2.75, 3.05) is 5.73 Å². The number of rotatable bonds is 3. The summed E-state index contributed by atoms with van der Waals surface area (Å²) in [4.78, 5) is 10.4. The van der Waals surface area contributed by atoms with Crippen molar-refractivity contribution >= 4 is 17.7 Å². The predicted molar refractivity (Wildman–Crippen MR) is 61.6 cm³/mol. The minimum atomic E-state index is -0.968. The van der Waals surface area contributed by atoms with Crippen LogP contribution in [0, 0.1) is 0 Å². The Morgan fingerprint density at radius 3 is 2.67 bits per heavy atom. The van der Waals surface area contributed by atoms with Gasteiger partial charge in [-0.3, -0.25) is 0 Å². The molecule has 15 heavy (non-hydrogen) atoms. The number of nitrogen functional groups attached to an aromatic ring is 1. The van der Waals surface area contributed by atoms with Gasteiger partial charge in [-0.25, -0.2) is 4.79 Å². The normalized spacial score (nSPS) is 11.1. The summed E-state index contributed by atoms with van der Waals surface area (Å²) in [5, 5.41) is 8.52. The number of anilines is 1. The van der Waals surface area contributed by atoms with Crippen LogP contribution in [0.5, 0.6) is 0 Å². The minimum Gasteiger partial charge on any atom is -0.478 e. The first-order valence-corrected chi connectivity index (χ1v) is 4.81. The van der Waals surface area contributed by atoms with Gasteiger partial charge in [0.25, 0.3) is 0 Å². The van der Waals surface area contributed by atoms with E-state index in [4.69, 9.17) is 10.8 Å². The van der Waals surface area contributed by atoms with Gasteiger partial charge in [0.05, 0.1) is 0 Å². The van der Waals surface area contributed by atoms with E-state index in [1.807, 2.05) is 12.1 Å². The lowest BCUT2D eigenvalue weighted by atomic mass is 9.99. The smallest absolute Gasteiger partial charge is 0.328 e. The number of benzene rings is 1. The molecule has 1 rings (SSSR count). The molecule has 80 valence electrons. The second-order valence-corrected chi connectivity index (χ2v) is 3.71. The number of nitrogens with two attached hydrogens (primary N) is 1. The van der Waals surface area contributed by atoms with Gasteiger partial charge in [0, 0.05) is 11.8 Å². The van der Waals surface area contributed by atoms with Crippen molar-refractivity contribution in [2.45, 2.75) is 19.8 Å². The van der Waals surface area contributed by atoms with Crippen LogP contribution in [0.25, 0.3) is 6.08 Å². The van der Waals surface area contributed by atoms with Crippen molar-refractivity contribution in [1.82, 2.24) is 0 Å². The maximum atomic E-state index is 10.4. The van der Waals surface area contributed by atoms with Crippen LogP contribution >= 0.6 is 0 Å². The highest BCUT2D eigenvalue weighted by Gasteiger charge is 2.02. The van der Waals surface area contributed by atoms with E-state index >= 15 is 0 Å². The molecule has 0 aliphatic heterocycles. The molecular weight excluding hydrogens is 190 g/mol. The molecule has 0 saturated heterocycles. The van der Waals surface area contributed by atoms with Crippen LogP contribution in [0.1, 0.15) is 30.9 Å². The summed E-state index contributed by atoms with van der Waals surface area (Å²) in [6, 6.07) is 5.68. The van der Waals surface area contributed by atoms with Crippen LogP contribution in [-0.4, -0.2) is 11.1 Å². The average molecular weight is 205 g/mol. The largest absolute Gasteiger partial charge is 0.478 e. The Hall–Kier alpha value is -1.77. The van der Waals surface area contributed by atoms with Crippen LogP contribution < -0.4 is 5.73 Å². The maximum absolute atomic E-state index is 10.4. The fourth-order valence-electron chi connectivity index (χ4n) is 1.26. The Bertz CT molecular complexity index is 395. The van der Waals surface area contributed by atoms with Crippen molar-refractivity contribution in [3.05, 3.63) is 35.4 Å². The van der Waals surface area contributed by atoms with E-state index in [1.165, 1.54) is 6.08 Å². The summed E-state index contributed by atoms with van der Waals surface area (Å²) >= 11 is 0. The van der Waals surface area contributed by atoms with Gasteiger partial charge in [-0.05, 0) is 35.3 Å². The third kappa shape index (κ3) is 3.13. The molecule has 0 spiro atoms. The number of carboxylic acid groups (broad SMARTS) is 1. The van der Waals surface area contributed by atoms with E-state index in [0.29, 0.717) is 11.6 Å². The van der Waals surface area contributed by atoms with Gasteiger partial charge in [-0.1, -0.05) is 19.9 Å². The SMILES string of the molecule is CC(C)c1ccc(N)c(C=CC(=O)O)c1. The minimum absolute atomic E-state index is 0.405. The quantitative estimate of drug-likeness (QED) is 0.588. The first-order valence-electron chi connectivity index (χ1n) is 4.81. The number of aliphatic carboxylic acids is 1. The van der Waals surface area contributed by atoms with E-state index < -0.39 is 5.97 Å². The number of hydrogen-bond donors (Lipinski definition) is 2. The molecule has 0 unspecified atom stereocenters. The van der Waals surface area contributed by atoms with E-state index in [9.17, 15) is 4.79 Å². The zero-order valence-corrected chi connectivity index (χ0v) is 8.90. The molecule has 0 bridgehead atoms. The first-order chi connectivity index (χ1) is 7.00. The van der Waals surface area contributed by atoms with Gasteiger partial charge in [0.2, 0.25) is 0 Å². The molecule has 0 fully saturated rings. The summed E-state index contributed by atoms with van der Waals surface area (Å²) in [7, 11) is 0. The number of carbonyl (C=O) groups is 1. The molecule has 0 aliphatic carbocycles. The molecule has 3 N–H and O–H groups in total. The Balaban J connectivity index is 3.05. The lowest BCUT2D eigenvalue weighted by molar-refractivity contribution is -0.131. The first kappa shape index (κ1) is 11.3. The highest BCUT2D eigenvalue weighted by atomic mass is 16.4. The summed E-state index contributed by atoms with van der Waals surface area (Å²) < 4.78 is 0. The summed E-state index contributed by atoms with van der Waals surface area (Å²) in [5.74, 6) is -0.563. The lowest BCUT2D eigenvalue weighted by Crippen LogP contribution is -1.94. The van der Waals surface area contributed by atoms with Gasteiger partial charge in [0.15, 0.2) is 0 Å². The molecule has 3 heteroatoms. The Kier molecular flexibility index (Phi) is 3.50. The topological polar surface area (TPSA) is 63.3 Å². The fraction of sp³-hybridized carbons (Fsp3) is 0.250. The van der Waals surface area contributed by atoms with E-state index in [1.54, 1.807) is 6.07 Å². The third-order valence-corrected chi connectivity index (χ3v) is 2.18. The third-order valence-electron chi connectivity index (χ3n) is 2.18. The van der Waals surface area contributed by atoms with Crippen LogP contribution in [0.15, 0.2) is 24.3 Å². The summed E-state index contributed by atoms with van der Waals surface area (Å²) in [5.41, 5.74) is 8.23.